The number of rotatable bonds is 4. The molecule has 2 atom stereocenters. The van der Waals surface area contributed by atoms with Gasteiger partial charge in [0.25, 0.3) is 0 Å². The van der Waals surface area contributed by atoms with Gasteiger partial charge in [0.05, 0.1) is 0 Å². The lowest BCUT2D eigenvalue weighted by Crippen LogP contribution is -2.36. The molecule has 0 heterocycles. The predicted molar refractivity (Wildman–Crippen MR) is 61.1 cm³/mol. The van der Waals surface area contributed by atoms with Gasteiger partial charge < -0.3 is 5.11 Å². The van der Waals surface area contributed by atoms with Gasteiger partial charge in [0.2, 0.25) is 0 Å². The summed E-state index contributed by atoms with van der Waals surface area (Å²) in [5, 5.41) is 9.26. The molecule has 0 fully saturated rings. The largest absolute Gasteiger partial charge is 0.480 e. The smallest absolute Gasteiger partial charge is 0.329 e. The summed E-state index contributed by atoms with van der Waals surface area (Å²) in [5.41, 5.74) is 0.647. The zero-order chi connectivity index (χ0) is 11.5. The normalized spacial score (nSPS) is 16.7. The molecule has 0 amide bonds. The Morgan fingerprint density at radius 1 is 1.47 bits per heavy atom. The summed E-state index contributed by atoms with van der Waals surface area (Å²) in [6, 6.07) is 8.97. The topological polar surface area (TPSA) is 37.3 Å². The second kappa shape index (κ2) is 4.67. The lowest BCUT2D eigenvalue weighted by molar-refractivity contribution is -0.142. The molecule has 1 rings (SSSR count). The van der Waals surface area contributed by atoms with Gasteiger partial charge in [-0.15, -0.1) is 11.6 Å². The summed E-state index contributed by atoms with van der Waals surface area (Å²) in [7, 11) is 0. The summed E-state index contributed by atoms with van der Waals surface area (Å²) >= 11 is 6.25. The highest BCUT2D eigenvalue weighted by Gasteiger charge is 2.42. The molecule has 0 saturated heterocycles. The van der Waals surface area contributed by atoms with E-state index in [-0.39, 0.29) is 5.92 Å². The Kier molecular flexibility index (Phi) is 3.75. The zero-order valence-corrected chi connectivity index (χ0v) is 9.66. The maximum absolute atomic E-state index is 11.3. The molecule has 0 aliphatic heterocycles. The fourth-order valence-corrected chi connectivity index (χ4v) is 1.86. The first-order chi connectivity index (χ1) is 7.03. The fourth-order valence-electron chi connectivity index (χ4n) is 1.58. The fraction of sp³-hybridized carbons (Fsp3) is 0.417. The van der Waals surface area contributed by atoms with Crippen LogP contribution in [0, 0.1) is 5.92 Å². The van der Waals surface area contributed by atoms with E-state index in [0.29, 0.717) is 5.56 Å². The SMILES string of the molecule is CCC(C)C(Cl)(C(=O)O)c1ccccc1. The van der Waals surface area contributed by atoms with Crippen LogP contribution in [0.2, 0.25) is 0 Å². The second-order valence-electron chi connectivity index (χ2n) is 3.69. The molecular weight excluding hydrogens is 212 g/mol. The highest BCUT2D eigenvalue weighted by molar-refractivity contribution is 6.33. The number of aliphatic carboxylic acids is 1. The average molecular weight is 227 g/mol. The first kappa shape index (κ1) is 12.1. The molecule has 2 unspecified atom stereocenters. The van der Waals surface area contributed by atoms with Crippen molar-refractivity contribution in [1.29, 1.82) is 0 Å². The minimum absolute atomic E-state index is 0.112. The zero-order valence-electron chi connectivity index (χ0n) is 8.90. The Labute approximate surface area is 94.9 Å². The highest BCUT2D eigenvalue weighted by Crippen LogP contribution is 2.38. The number of carboxylic acids is 1. The first-order valence-corrected chi connectivity index (χ1v) is 5.39. The van der Waals surface area contributed by atoms with Crippen molar-refractivity contribution in [3.8, 4) is 0 Å². The minimum atomic E-state index is -1.31. The summed E-state index contributed by atoms with van der Waals surface area (Å²) in [5.74, 6) is -1.09. The molecule has 0 aromatic heterocycles. The summed E-state index contributed by atoms with van der Waals surface area (Å²) < 4.78 is 0. The van der Waals surface area contributed by atoms with Crippen LogP contribution in [0.25, 0.3) is 0 Å². The van der Waals surface area contributed by atoms with Gasteiger partial charge in [0.15, 0.2) is 4.87 Å². The van der Waals surface area contributed by atoms with E-state index >= 15 is 0 Å². The Morgan fingerprint density at radius 2 is 2.00 bits per heavy atom. The predicted octanol–water partition coefficient (Wildman–Crippen LogP) is 3.25. The Bertz CT molecular complexity index is 337. The maximum atomic E-state index is 11.3. The van der Waals surface area contributed by atoms with Crippen molar-refractivity contribution in [2.45, 2.75) is 25.1 Å². The number of halogens is 1. The van der Waals surface area contributed by atoms with Gasteiger partial charge in [0, 0.05) is 0 Å². The molecule has 3 heteroatoms. The van der Waals surface area contributed by atoms with Gasteiger partial charge in [0.1, 0.15) is 0 Å². The number of benzene rings is 1. The van der Waals surface area contributed by atoms with Gasteiger partial charge in [-0.25, -0.2) is 4.79 Å². The van der Waals surface area contributed by atoms with Crippen LogP contribution >= 0.6 is 11.6 Å². The molecule has 2 nitrogen and oxygen atoms in total. The van der Waals surface area contributed by atoms with Gasteiger partial charge >= 0.3 is 5.97 Å². The van der Waals surface area contributed by atoms with Gasteiger partial charge in [-0.2, -0.15) is 0 Å². The molecule has 82 valence electrons. The number of hydrogen-bond donors (Lipinski definition) is 1. The molecule has 0 aliphatic rings. The first-order valence-electron chi connectivity index (χ1n) is 5.01. The quantitative estimate of drug-likeness (QED) is 0.801. The van der Waals surface area contributed by atoms with Crippen LogP contribution in [0.5, 0.6) is 0 Å². The molecule has 0 radical (unpaired) electrons. The van der Waals surface area contributed by atoms with Crippen LogP contribution in [0.3, 0.4) is 0 Å². The van der Waals surface area contributed by atoms with Crippen LogP contribution in [0.1, 0.15) is 25.8 Å². The highest BCUT2D eigenvalue weighted by atomic mass is 35.5. The van der Waals surface area contributed by atoms with Crippen molar-refractivity contribution < 1.29 is 9.90 Å². The molecule has 15 heavy (non-hydrogen) atoms. The number of alkyl halides is 1. The van der Waals surface area contributed by atoms with E-state index < -0.39 is 10.8 Å². The van der Waals surface area contributed by atoms with E-state index in [1.807, 2.05) is 19.9 Å². The molecule has 0 spiro atoms. The standard InChI is InChI=1S/C12H15ClO2/c1-3-9(2)12(13,11(14)15)10-7-5-4-6-8-10/h4-9H,3H2,1-2H3,(H,14,15). The molecular formula is C12H15ClO2. The Morgan fingerprint density at radius 3 is 2.40 bits per heavy atom. The Hall–Kier alpha value is -1.02. The monoisotopic (exact) mass is 226 g/mol. The molecule has 1 aromatic carbocycles. The van der Waals surface area contributed by atoms with Gasteiger partial charge in [-0.1, -0.05) is 50.6 Å². The van der Waals surface area contributed by atoms with Crippen LogP contribution in [-0.4, -0.2) is 11.1 Å². The van der Waals surface area contributed by atoms with Crippen molar-refractivity contribution in [3.05, 3.63) is 35.9 Å². The van der Waals surface area contributed by atoms with Gasteiger partial charge in [-0.05, 0) is 11.5 Å². The number of hydrogen-bond acceptors (Lipinski definition) is 1. The van der Waals surface area contributed by atoms with Crippen LogP contribution in [0.4, 0.5) is 0 Å². The lowest BCUT2D eigenvalue weighted by atomic mass is 9.85. The third-order valence-corrected chi connectivity index (χ3v) is 3.55. The lowest BCUT2D eigenvalue weighted by Gasteiger charge is -2.28. The molecule has 1 N–H and O–H groups in total. The molecule has 0 aliphatic carbocycles. The molecule has 0 bridgehead atoms. The maximum Gasteiger partial charge on any atom is 0.329 e. The third kappa shape index (κ3) is 2.15. The van der Waals surface area contributed by atoms with Crippen molar-refractivity contribution in [3.63, 3.8) is 0 Å². The van der Waals surface area contributed by atoms with E-state index in [1.54, 1.807) is 24.3 Å². The van der Waals surface area contributed by atoms with Crippen molar-refractivity contribution in [1.82, 2.24) is 0 Å². The van der Waals surface area contributed by atoms with Gasteiger partial charge in [-0.3, -0.25) is 0 Å². The van der Waals surface area contributed by atoms with E-state index in [2.05, 4.69) is 0 Å². The molecule has 0 saturated carbocycles. The minimum Gasteiger partial charge on any atom is -0.480 e. The van der Waals surface area contributed by atoms with E-state index in [1.165, 1.54) is 0 Å². The third-order valence-electron chi connectivity index (χ3n) is 2.80. The van der Waals surface area contributed by atoms with Crippen LogP contribution < -0.4 is 0 Å². The van der Waals surface area contributed by atoms with Crippen molar-refractivity contribution >= 4 is 17.6 Å². The average Bonchev–Trinajstić information content (AvgIpc) is 2.27. The van der Waals surface area contributed by atoms with Crippen molar-refractivity contribution in [2.75, 3.05) is 0 Å². The van der Waals surface area contributed by atoms with E-state index in [9.17, 15) is 9.90 Å². The van der Waals surface area contributed by atoms with E-state index in [0.717, 1.165) is 6.42 Å². The number of carboxylic acid groups (broad SMARTS) is 1. The molecule has 1 aromatic rings. The second-order valence-corrected chi connectivity index (χ2v) is 4.29. The van der Waals surface area contributed by atoms with Crippen LogP contribution in [0.15, 0.2) is 30.3 Å². The van der Waals surface area contributed by atoms with Crippen LogP contribution in [-0.2, 0) is 9.67 Å². The van der Waals surface area contributed by atoms with E-state index in [4.69, 9.17) is 11.6 Å². The summed E-state index contributed by atoms with van der Waals surface area (Å²) in [6.45, 7) is 3.79. The Balaban J connectivity index is 3.19. The summed E-state index contributed by atoms with van der Waals surface area (Å²) in [6.07, 6.45) is 0.727. The number of carbonyl (C=O) groups is 1. The van der Waals surface area contributed by atoms with Crippen molar-refractivity contribution in [2.24, 2.45) is 5.92 Å². The summed E-state index contributed by atoms with van der Waals surface area (Å²) in [4.78, 5) is 9.98.